The van der Waals surface area contributed by atoms with E-state index >= 15 is 0 Å². The van der Waals surface area contributed by atoms with Gasteiger partial charge in [-0.15, -0.1) is 11.8 Å². The van der Waals surface area contributed by atoms with Gasteiger partial charge in [0.25, 0.3) is 0 Å². The molecule has 1 rings (SSSR count). The molecule has 0 aliphatic heterocycles. The Bertz CT molecular complexity index is 329. The highest BCUT2D eigenvalue weighted by Gasteiger charge is 2.07. The maximum absolute atomic E-state index is 9.69. The van der Waals surface area contributed by atoms with Crippen LogP contribution in [0, 0.1) is 0 Å². The van der Waals surface area contributed by atoms with Gasteiger partial charge in [-0.05, 0) is 43.5 Å². The Hall–Kier alpha value is -0.550. The number of likely N-dealkylation sites (N-methyl/N-ethyl adjacent to an activating group) is 1. The van der Waals surface area contributed by atoms with E-state index in [0.29, 0.717) is 19.5 Å². The standard InChI is InChI=1S/C14H24N2OS/c1-3-18-14-6-4-12(5-7-14)10-16(2)11-13(17)8-9-15/h4-7,13,17H,3,8-11,15H2,1-2H3. The molecule has 0 saturated carbocycles. The van der Waals surface area contributed by atoms with Crippen molar-refractivity contribution in [3.8, 4) is 0 Å². The smallest absolute Gasteiger partial charge is 0.0679 e. The number of nitrogens with zero attached hydrogens (tertiary/aromatic N) is 1. The van der Waals surface area contributed by atoms with Crippen molar-refractivity contribution in [1.29, 1.82) is 0 Å². The minimum atomic E-state index is -0.324. The zero-order chi connectivity index (χ0) is 13.4. The molecule has 3 nitrogen and oxygen atoms in total. The van der Waals surface area contributed by atoms with E-state index in [-0.39, 0.29) is 6.10 Å². The molecule has 1 aromatic carbocycles. The number of benzene rings is 1. The predicted molar refractivity (Wildman–Crippen MR) is 78.9 cm³/mol. The molecule has 4 heteroatoms. The Labute approximate surface area is 114 Å². The van der Waals surface area contributed by atoms with Gasteiger partial charge >= 0.3 is 0 Å². The van der Waals surface area contributed by atoms with Gasteiger partial charge < -0.3 is 10.8 Å². The van der Waals surface area contributed by atoms with Gasteiger partial charge in [0, 0.05) is 18.0 Å². The number of hydrogen-bond donors (Lipinski definition) is 2. The van der Waals surface area contributed by atoms with E-state index in [1.807, 2.05) is 18.8 Å². The third kappa shape index (κ3) is 5.87. The lowest BCUT2D eigenvalue weighted by atomic mass is 10.2. The number of hydrogen-bond acceptors (Lipinski definition) is 4. The molecule has 102 valence electrons. The molecule has 0 spiro atoms. The average molecular weight is 268 g/mol. The second kappa shape index (κ2) is 8.53. The van der Waals surface area contributed by atoms with Gasteiger partial charge in [0.1, 0.15) is 0 Å². The Morgan fingerprint density at radius 3 is 2.56 bits per heavy atom. The Kier molecular flexibility index (Phi) is 7.35. The number of rotatable bonds is 8. The maximum Gasteiger partial charge on any atom is 0.0679 e. The second-order valence-electron chi connectivity index (χ2n) is 4.50. The van der Waals surface area contributed by atoms with Crippen molar-refractivity contribution in [2.45, 2.75) is 30.9 Å². The van der Waals surface area contributed by atoms with E-state index < -0.39 is 0 Å². The van der Waals surface area contributed by atoms with Gasteiger partial charge in [-0.1, -0.05) is 19.1 Å². The molecule has 0 aliphatic carbocycles. The van der Waals surface area contributed by atoms with Crippen molar-refractivity contribution in [3.63, 3.8) is 0 Å². The molecular weight excluding hydrogens is 244 g/mol. The molecule has 0 radical (unpaired) electrons. The van der Waals surface area contributed by atoms with E-state index in [2.05, 4.69) is 36.1 Å². The summed E-state index contributed by atoms with van der Waals surface area (Å²) in [6.07, 6.45) is 0.339. The fraction of sp³-hybridized carbons (Fsp3) is 0.571. The summed E-state index contributed by atoms with van der Waals surface area (Å²) >= 11 is 1.85. The van der Waals surface area contributed by atoms with E-state index in [0.717, 1.165) is 12.3 Å². The Morgan fingerprint density at radius 1 is 1.33 bits per heavy atom. The van der Waals surface area contributed by atoms with Crippen molar-refractivity contribution >= 4 is 11.8 Å². The van der Waals surface area contributed by atoms with Crippen LogP contribution in [0.4, 0.5) is 0 Å². The largest absolute Gasteiger partial charge is 0.392 e. The predicted octanol–water partition coefficient (Wildman–Crippen LogP) is 1.94. The van der Waals surface area contributed by atoms with Crippen LogP contribution in [-0.2, 0) is 6.54 Å². The van der Waals surface area contributed by atoms with Crippen molar-refractivity contribution in [2.75, 3.05) is 25.9 Å². The third-order valence-corrected chi connectivity index (χ3v) is 3.60. The summed E-state index contributed by atoms with van der Waals surface area (Å²) in [6.45, 7) is 4.23. The molecule has 0 saturated heterocycles. The summed E-state index contributed by atoms with van der Waals surface area (Å²) in [5.74, 6) is 1.10. The maximum atomic E-state index is 9.69. The summed E-state index contributed by atoms with van der Waals surface area (Å²) in [5.41, 5.74) is 6.70. The van der Waals surface area contributed by atoms with Crippen LogP contribution in [0.5, 0.6) is 0 Å². The van der Waals surface area contributed by atoms with Gasteiger partial charge in [0.05, 0.1) is 6.10 Å². The average Bonchev–Trinajstić information content (AvgIpc) is 2.32. The lowest BCUT2D eigenvalue weighted by Crippen LogP contribution is -2.30. The first-order valence-electron chi connectivity index (χ1n) is 6.44. The van der Waals surface area contributed by atoms with Gasteiger partial charge in [-0.25, -0.2) is 0 Å². The number of aliphatic hydroxyl groups excluding tert-OH is 1. The minimum Gasteiger partial charge on any atom is -0.392 e. The SMILES string of the molecule is CCSc1ccc(CN(C)CC(O)CCN)cc1. The highest BCUT2D eigenvalue weighted by Crippen LogP contribution is 2.18. The van der Waals surface area contributed by atoms with Crippen molar-refractivity contribution < 1.29 is 5.11 Å². The molecule has 1 unspecified atom stereocenters. The van der Waals surface area contributed by atoms with Crippen LogP contribution >= 0.6 is 11.8 Å². The number of nitrogens with two attached hydrogens (primary N) is 1. The van der Waals surface area contributed by atoms with Gasteiger partial charge in [-0.2, -0.15) is 0 Å². The second-order valence-corrected chi connectivity index (χ2v) is 5.84. The molecule has 3 N–H and O–H groups in total. The monoisotopic (exact) mass is 268 g/mol. The third-order valence-electron chi connectivity index (χ3n) is 2.71. The Balaban J connectivity index is 2.41. The van der Waals surface area contributed by atoms with E-state index in [4.69, 9.17) is 5.73 Å². The highest BCUT2D eigenvalue weighted by molar-refractivity contribution is 7.99. The molecule has 0 aromatic heterocycles. The van der Waals surface area contributed by atoms with Crippen LogP contribution in [0.2, 0.25) is 0 Å². The summed E-state index contributed by atoms with van der Waals surface area (Å²) < 4.78 is 0. The molecular formula is C14H24N2OS. The molecule has 1 atom stereocenters. The van der Waals surface area contributed by atoms with Crippen LogP contribution in [0.15, 0.2) is 29.2 Å². The fourth-order valence-corrected chi connectivity index (χ4v) is 2.54. The summed E-state index contributed by atoms with van der Waals surface area (Å²) in [7, 11) is 2.02. The van der Waals surface area contributed by atoms with E-state index in [9.17, 15) is 5.11 Å². The molecule has 0 heterocycles. The van der Waals surface area contributed by atoms with Crippen LogP contribution in [0.25, 0.3) is 0 Å². The number of aliphatic hydroxyl groups is 1. The normalized spacial score (nSPS) is 12.9. The van der Waals surface area contributed by atoms with Gasteiger partial charge in [-0.3, -0.25) is 4.90 Å². The van der Waals surface area contributed by atoms with Crippen LogP contribution in [0.3, 0.4) is 0 Å². The summed E-state index contributed by atoms with van der Waals surface area (Å²) in [5, 5.41) is 9.69. The molecule has 1 aromatic rings. The number of thioether (sulfide) groups is 1. The highest BCUT2D eigenvalue weighted by atomic mass is 32.2. The first-order valence-corrected chi connectivity index (χ1v) is 7.42. The van der Waals surface area contributed by atoms with Crippen LogP contribution in [0.1, 0.15) is 18.9 Å². The molecule has 0 aliphatic rings. The van der Waals surface area contributed by atoms with E-state index in [1.54, 1.807) is 0 Å². The van der Waals surface area contributed by atoms with Crippen molar-refractivity contribution in [3.05, 3.63) is 29.8 Å². The van der Waals surface area contributed by atoms with Crippen molar-refractivity contribution in [1.82, 2.24) is 4.90 Å². The lowest BCUT2D eigenvalue weighted by Gasteiger charge is -2.20. The first-order chi connectivity index (χ1) is 8.65. The topological polar surface area (TPSA) is 49.5 Å². The quantitative estimate of drug-likeness (QED) is 0.708. The molecule has 0 fully saturated rings. The summed E-state index contributed by atoms with van der Waals surface area (Å²) in [4.78, 5) is 3.44. The molecule has 0 bridgehead atoms. The van der Waals surface area contributed by atoms with E-state index in [1.165, 1.54) is 10.5 Å². The summed E-state index contributed by atoms with van der Waals surface area (Å²) in [6, 6.07) is 8.63. The van der Waals surface area contributed by atoms with Crippen molar-refractivity contribution in [2.24, 2.45) is 5.73 Å². The van der Waals surface area contributed by atoms with Crippen LogP contribution in [-0.4, -0.2) is 42.0 Å². The fourth-order valence-electron chi connectivity index (χ4n) is 1.88. The van der Waals surface area contributed by atoms with Gasteiger partial charge in [0.2, 0.25) is 0 Å². The zero-order valence-electron chi connectivity index (χ0n) is 11.3. The Morgan fingerprint density at radius 2 is 2.00 bits per heavy atom. The first kappa shape index (κ1) is 15.5. The van der Waals surface area contributed by atoms with Crippen LogP contribution < -0.4 is 5.73 Å². The molecule has 0 amide bonds. The lowest BCUT2D eigenvalue weighted by molar-refractivity contribution is 0.117. The van der Waals surface area contributed by atoms with Gasteiger partial charge in [0.15, 0.2) is 0 Å². The molecule has 18 heavy (non-hydrogen) atoms. The zero-order valence-corrected chi connectivity index (χ0v) is 12.1. The minimum absolute atomic E-state index is 0.324.